The van der Waals surface area contributed by atoms with E-state index in [9.17, 15) is 0 Å². The van der Waals surface area contributed by atoms with Crippen molar-refractivity contribution in [2.45, 2.75) is 33.1 Å². The van der Waals surface area contributed by atoms with Gasteiger partial charge in [-0.05, 0) is 48.2 Å². The van der Waals surface area contributed by atoms with E-state index in [1.165, 1.54) is 17.5 Å². The maximum absolute atomic E-state index is 5.78. The van der Waals surface area contributed by atoms with E-state index in [4.69, 9.17) is 23.2 Å². The molecule has 0 aliphatic rings. The predicted octanol–water partition coefficient (Wildman–Crippen LogP) is 6.19. The van der Waals surface area contributed by atoms with E-state index in [0.717, 1.165) is 22.9 Å². The molecule has 0 unspecified atom stereocenters. The fraction of sp³-hybridized carbons (Fsp3) is 0.294. The summed E-state index contributed by atoms with van der Waals surface area (Å²) in [6.45, 7) is 4.28. The third-order valence-electron chi connectivity index (χ3n) is 2.72. The van der Waals surface area contributed by atoms with Crippen molar-refractivity contribution in [2.24, 2.45) is 0 Å². The summed E-state index contributed by atoms with van der Waals surface area (Å²) in [5.74, 6) is 0. The van der Waals surface area contributed by atoms with E-state index in [1.54, 1.807) is 0 Å². The van der Waals surface area contributed by atoms with Gasteiger partial charge in [0.2, 0.25) is 0 Å². The summed E-state index contributed by atoms with van der Waals surface area (Å²) in [6.07, 6.45) is 3.36. The molecule has 0 fully saturated rings. The van der Waals surface area contributed by atoms with Gasteiger partial charge in [0, 0.05) is 10.0 Å². The van der Waals surface area contributed by atoms with Gasteiger partial charge in [-0.25, -0.2) is 0 Å². The van der Waals surface area contributed by atoms with Gasteiger partial charge in [0.15, 0.2) is 0 Å². The Labute approximate surface area is 126 Å². The second-order valence-corrected chi connectivity index (χ2v) is 5.24. The van der Waals surface area contributed by atoms with Crippen molar-refractivity contribution in [3.63, 3.8) is 0 Å². The average Bonchev–Trinajstić information content (AvgIpc) is 2.40. The maximum Gasteiger partial charge on any atom is 0.0408 e. The summed E-state index contributed by atoms with van der Waals surface area (Å²) in [6, 6.07) is 15.9. The van der Waals surface area contributed by atoms with E-state index in [2.05, 4.69) is 26.0 Å². The van der Waals surface area contributed by atoms with E-state index in [-0.39, 0.29) is 0 Å². The lowest BCUT2D eigenvalue weighted by Crippen LogP contribution is -1.80. The van der Waals surface area contributed by atoms with Crippen LogP contribution in [0.25, 0.3) is 0 Å². The summed E-state index contributed by atoms with van der Waals surface area (Å²) in [5, 5.41) is 1.67. The van der Waals surface area contributed by atoms with Gasteiger partial charge >= 0.3 is 0 Å². The van der Waals surface area contributed by atoms with Crippen molar-refractivity contribution in [1.82, 2.24) is 0 Å². The predicted molar refractivity (Wildman–Crippen MR) is 86.3 cm³/mol. The van der Waals surface area contributed by atoms with Gasteiger partial charge in [0.1, 0.15) is 0 Å². The molecule has 0 spiro atoms. The molecule has 0 N–H and O–H groups in total. The Bertz CT molecular complexity index is 492. The maximum atomic E-state index is 5.78. The number of benzene rings is 2. The largest absolute Gasteiger partial charge is 0.0843 e. The van der Waals surface area contributed by atoms with Crippen LogP contribution < -0.4 is 0 Å². The van der Waals surface area contributed by atoms with Crippen LogP contribution in [0.1, 0.15) is 31.4 Å². The molecule has 0 bridgehead atoms. The van der Waals surface area contributed by atoms with Crippen molar-refractivity contribution >= 4 is 23.2 Å². The summed E-state index contributed by atoms with van der Waals surface area (Å²) in [7, 11) is 0. The fourth-order valence-corrected chi connectivity index (χ4v) is 2.16. The van der Waals surface area contributed by atoms with Crippen molar-refractivity contribution in [3.05, 3.63) is 69.7 Å². The SMILES string of the molecule is CCCc1cccc(Cl)c1.CCc1cccc(Cl)c1. The monoisotopic (exact) mass is 294 g/mol. The molecule has 0 nitrogen and oxygen atoms in total. The molecule has 2 rings (SSSR count). The Hall–Kier alpha value is -0.980. The second kappa shape index (κ2) is 9.01. The van der Waals surface area contributed by atoms with Crippen molar-refractivity contribution in [2.75, 3.05) is 0 Å². The molecule has 102 valence electrons. The third-order valence-corrected chi connectivity index (χ3v) is 3.20. The lowest BCUT2D eigenvalue weighted by atomic mass is 10.1. The van der Waals surface area contributed by atoms with Crippen LogP contribution in [0.4, 0.5) is 0 Å². The summed E-state index contributed by atoms with van der Waals surface area (Å²) >= 11 is 11.5. The molecule has 19 heavy (non-hydrogen) atoms. The smallest absolute Gasteiger partial charge is 0.0408 e. The highest BCUT2D eigenvalue weighted by Crippen LogP contribution is 2.11. The minimum Gasteiger partial charge on any atom is -0.0843 e. The Balaban J connectivity index is 0.000000191. The molecule has 0 radical (unpaired) electrons. The van der Waals surface area contributed by atoms with Crippen molar-refractivity contribution in [1.29, 1.82) is 0 Å². The summed E-state index contributed by atoms with van der Waals surface area (Å²) in [4.78, 5) is 0. The topological polar surface area (TPSA) is 0 Å². The van der Waals surface area contributed by atoms with E-state index in [0.29, 0.717) is 0 Å². The molecule has 2 heteroatoms. The van der Waals surface area contributed by atoms with Crippen LogP contribution >= 0.6 is 23.2 Å². The molecule has 0 aliphatic heterocycles. The normalized spacial score (nSPS) is 9.68. The molecule has 0 saturated carbocycles. The zero-order valence-corrected chi connectivity index (χ0v) is 13.0. The lowest BCUT2D eigenvalue weighted by molar-refractivity contribution is 0.922. The van der Waals surface area contributed by atoms with Crippen LogP contribution in [-0.2, 0) is 12.8 Å². The molecule has 0 heterocycles. The first-order chi connectivity index (χ1) is 9.15. The van der Waals surface area contributed by atoms with Crippen LogP contribution in [0.2, 0.25) is 10.0 Å². The van der Waals surface area contributed by atoms with Crippen LogP contribution in [0.3, 0.4) is 0 Å². The van der Waals surface area contributed by atoms with E-state index in [1.807, 2.05) is 36.4 Å². The van der Waals surface area contributed by atoms with Gasteiger partial charge in [0.25, 0.3) is 0 Å². The van der Waals surface area contributed by atoms with Crippen molar-refractivity contribution in [3.8, 4) is 0 Å². The zero-order valence-electron chi connectivity index (χ0n) is 11.5. The number of halogens is 2. The standard InChI is InChI=1S/C9H11Cl.C8H9Cl/c1-2-4-8-5-3-6-9(10)7-8;1-2-7-4-3-5-8(9)6-7/h3,5-7H,2,4H2,1H3;3-6H,2H2,1H3. The second-order valence-electron chi connectivity index (χ2n) is 4.36. The minimum atomic E-state index is 0.828. The number of hydrogen-bond donors (Lipinski definition) is 0. The quantitative estimate of drug-likeness (QED) is 0.633. The first-order valence-electron chi connectivity index (χ1n) is 6.64. The molecular weight excluding hydrogens is 275 g/mol. The molecule has 2 aromatic rings. The Morgan fingerprint density at radius 3 is 1.74 bits per heavy atom. The highest BCUT2D eigenvalue weighted by molar-refractivity contribution is 6.30. The molecule has 0 aliphatic carbocycles. The van der Waals surface area contributed by atoms with E-state index < -0.39 is 0 Å². The van der Waals surface area contributed by atoms with Gasteiger partial charge in [-0.15, -0.1) is 0 Å². The van der Waals surface area contributed by atoms with Crippen LogP contribution in [-0.4, -0.2) is 0 Å². The first-order valence-corrected chi connectivity index (χ1v) is 7.40. The zero-order chi connectivity index (χ0) is 14.1. The van der Waals surface area contributed by atoms with Gasteiger partial charge in [-0.1, -0.05) is 67.7 Å². The highest BCUT2D eigenvalue weighted by Gasteiger charge is 1.90. The number of rotatable bonds is 3. The third kappa shape index (κ3) is 6.66. The molecule has 2 aromatic carbocycles. The van der Waals surface area contributed by atoms with Gasteiger partial charge in [-0.3, -0.25) is 0 Å². The van der Waals surface area contributed by atoms with Crippen LogP contribution in [0.15, 0.2) is 48.5 Å². The molecule has 0 atom stereocenters. The Morgan fingerprint density at radius 2 is 1.32 bits per heavy atom. The molecular formula is C17H20Cl2. The summed E-state index contributed by atoms with van der Waals surface area (Å²) in [5.41, 5.74) is 2.62. The first kappa shape index (κ1) is 16.1. The van der Waals surface area contributed by atoms with Gasteiger partial charge in [-0.2, -0.15) is 0 Å². The van der Waals surface area contributed by atoms with Crippen LogP contribution in [0, 0.1) is 0 Å². The van der Waals surface area contributed by atoms with E-state index >= 15 is 0 Å². The van der Waals surface area contributed by atoms with Crippen LogP contribution in [0.5, 0.6) is 0 Å². The van der Waals surface area contributed by atoms with Gasteiger partial charge < -0.3 is 0 Å². The number of hydrogen-bond acceptors (Lipinski definition) is 0. The number of aryl methyl sites for hydroxylation is 2. The fourth-order valence-electron chi connectivity index (χ4n) is 1.74. The molecule has 0 saturated heterocycles. The highest BCUT2D eigenvalue weighted by atomic mass is 35.5. The van der Waals surface area contributed by atoms with Gasteiger partial charge in [0.05, 0.1) is 0 Å². The Morgan fingerprint density at radius 1 is 0.789 bits per heavy atom. The Kier molecular flexibility index (Phi) is 7.62. The summed E-state index contributed by atoms with van der Waals surface area (Å²) < 4.78 is 0. The molecule has 0 amide bonds. The van der Waals surface area contributed by atoms with Crippen molar-refractivity contribution < 1.29 is 0 Å². The lowest BCUT2D eigenvalue weighted by Gasteiger charge is -1.96. The average molecular weight is 295 g/mol. The minimum absolute atomic E-state index is 0.828. The molecule has 0 aromatic heterocycles.